The molecule has 0 atom stereocenters. The molecule has 0 saturated carbocycles. The molecule has 8 heteroatoms. The fourth-order valence-corrected chi connectivity index (χ4v) is 1.70. The van der Waals surface area contributed by atoms with Gasteiger partial charge in [-0.3, -0.25) is 15.6 Å². The zero-order chi connectivity index (χ0) is 17.5. The third-order valence-corrected chi connectivity index (χ3v) is 2.91. The van der Waals surface area contributed by atoms with E-state index < -0.39 is 5.84 Å². The van der Waals surface area contributed by atoms with E-state index in [0.29, 0.717) is 16.9 Å². The Hall–Kier alpha value is -3.73. The number of amides is 1. The van der Waals surface area contributed by atoms with Crippen molar-refractivity contribution >= 4 is 28.8 Å². The molecular weight excluding hydrogens is 311 g/mol. The van der Waals surface area contributed by atoms with Crippen LogP contribution in [0.2, 0.25) is 0 Å². The second-order valence-corrected chi connectivity index (χ2v) is 4.64. The van der Waals surface area contributed by atoms with Crippen LogP contribution in [0.25, 0.3) is 0 Å². The number of hydrogen-bond donors (Lipinski definition) is 4. The number of nitrogens with zero attached hydrogens (tertiary/aromatic N) is 2. The van der Waals surface area contributed by atoms with Gasteiger partial charge in [0.05, 0.1) is 5.69 Å². The highest BCUT2D eigenvalue weighted by atomic mass is 19.1. The van der Waals surface area contributed by atoms with Crippen molar-refractivity contribution in [1.29, 1.82) is 10.7 Å². The number of carbonyl (C=O) groups excluding carboxylic acids is 1. The van der Waals surface area contributed by atoms with Crippen LogP contribution in [0.1, 0.15) is 10.4 Å². The van der Waals surface area contributed by atoms with Gasteiger partial charge in [0, 0.05) is 11.3 Å². The lowest BCUT2D eigenvalue weighted by Gasteiger charge is -2.06. The van der Waals surface area contributed by atoms with Crippen LogP contribution in [-0.4, -0.2) is 17.5 Å². The van der Waals surface area contributed by atoms with Crippen molar-refractivity contribution in [3.05, 3.63) is 59.9 Å². The normalized spacial score (nSPS) is 10.6. The number of nitriles is 1. The standard InChI is InChI=1S/C16H13FN6O/c17-11-3-7-12(8-4-11)21-16(24)10-1-5-13(6-2-10)22-23-14(9-18)15(19)20/h1-8,22H,(H3,19,20)(H,21,24)/b23-14+. The largest absolute Gasteiger partial charge is 0.382 e. The molecule has 0 heterocycles. The first-order chi connectivity index (χ1) is 11.5. The van der Waals surface area contributed by atoms with Crippen LogP contribution in [0.4, 0.5) is 15.8 Å². The Kier molecular flexibility index (Phi) is 5.20. The van der Waals surface area contributed by atoms with Gasteiger partial charge in [0.2, 0.25) is 5.71 Å². The Morgan fingerprint density at radius 3 is 2.25 bits per heavy atom. The third-order valence-electron chi connectivity index (χ3n) is 2.91. The maximum atomic E-state index is 12.8. The molecule has 5 N–H and O–H groups in total. The Balaban J connectivity index is 2.03. The van der Waals surface area contributed by atoms with Gasteiger partial charge in [-0.1, -0.05) is 0 Å². The predicted molar refractivity (Wildman–Crippen MR) is 89.4 cm³/mol. The summed E-state index contributed by atoms with van der Waals surface area (Å²) in [5.74, 6) is -1.18. The molecule has 0 aliphatic rings. The summed E-state index contributed by atoms with van der Waals surface area (Å²) in [6.45, 7) is 0. The van der Waals surface area contributed by atoms with E-state index in [1.807, 2.05) is 0 Å². The SMILES string of the molecule is N#C/C(=N\Nc1ccc(C(=O)Nc2ccc(F)cc2)cc1)C(=N)N. The highest BCUT2D eigenvalue weighted by molar-refractivity contribution is 6.45. The molecule has 0 unspecified atom stereocenters. The molecule has 0 aliphatic heterocycles. The van der Waals surface area contributed by atoms with Crippen molar-refractivity contribution < 1.29 is 9.18 Å². The molecule has 0 aromatic heterocycles. The van der Waals surface area contributed by atoms with Crippen molar-refractivity contribution in [1.82, 2.24) is 0 Å². The van der Waals surface area contributed by atoms with Gasteiger partial charge >= 0.3 is 0 Å². The van der Waals surface area contributed by atoms with Gasteiger partial charge < -0.3 is 11.1 Å². The summed E-state index contributed by atoms with van der Waals surface area (Å²) in [5.41, 5.74) is 8.89. The summed E-state index contributed by atoms with van der Waals surface area (Å²) in [4.78, 5) is 12.1. The quantitative estimate of drug-likeness (QED) is 0.382. The van der Waals surface area contributed by atoms with Crippen LogP contribution in [0.5, 0.6) is 0 Å². The number of anilines is 2. The second-order valence-electron chi connectivity index (χ2n) is 4.64. The Morgan fingerprint density at radius 2 is 1.71 bits per heavy atom. The average Bonchev–Trinajstić information content (AvgIpc) is 2.57. The van der Waals surface area contributed by atoms with Gasteiger partial charge in [-0.2, -0.15) is 10.4 Å². The maximum Gasteiger partial charge on any atom is 0.255 e. The van der Waals surface area contributed by atoms with Gasteiger partial charge in [-0.05, 0) is 48.5 Å². The molecule has 2 aromatic rings. The monoisotopic (exact) mass is 324 g/mol. The van der Waals surface area contributed by atoms with Gasteiger partial charge in [-0.25, -0.2) is 4.39 Å². The zero-order valence-electron chi connectivity index (χ0n) is 12.4. The Bertz CT molecular complexity index is 821. The molecule has 120 valence electrons. The fraction of sp³-hybridized carbons (Fsp3) is 0. The lowest BCUT2D eigenvalue weighted by molar-refractivity contribution is 0.102. The predicted octanol–water partition coefficient (Wildman–Crippen LogP) is 2.31. The number of hydrazone groups is 1. The van der Waals surface area contributed by atoms with Crippen LogP contribution in [0.15, 0.2) is 53.6 Å². The first kappa shape index (κ1) is 16.6. The molecule has 0 aliphatic carbocycles. The van der Waals surface area contributed by atoms with Gasteiger partial charge in [-0.15, -0.1) is 0 Å². The van der Waals surface area contributed by atoms with E-state index in [-0.39, 0.29) is 17.4 Å². The van der Waals surface area contributed by atoms with Crippen LogP contribution in [0, 0.1) is 22.6 Å². The molecule has 1 amide bonds. The number of hydrogen-bond acceptors (Lipinski definition) is 5. The molecule has 24 heavy (non-hydrogen) atoms. The molecule has 0 saturated heterocycles. The van der Waals surface area contributed by atoms with E-state index in [1.54, 1.807) is 30.3 Å². The minimum atomic E-state index is -0.444. The van der Waals surface area contributed by atoms with E-state index in [4.69, 9.17) is 16.4 Å². The molecule has 0 bridgehead atoms. The molecule has 0 radical (unpaired) electrons. The van der Waals surface area contributed by atoms with Crippen LogP contribution >= 0.6 is 0 Å². The van der Waals surface area contributed by atoms with Crippen LogP contribution < -0.4 is 16.5 Å². The van der Waals surface area contributed by atoms with Crippen molar-refractivity contribution in [3.63, 3.8) is 0 Å². The van der Waals surface area contributed by atoms with Crippen molar-refractivity contribution in [2.45, 2.75) is 0 Å². The first-order valence-electron chi connectivity index (χ1n) is 6.75. The number of amidine groups is 1. The molecule has 2 aromatic carbocycles. The molecule has 0 fully saturated rings. The summed E-state index contributed by atoms with van der Waals surface area (Å²) < 4.78 is 12.8. The molecule has 7 nitrogen and oxygen atoms in total. The van der Waals surface area contributed by atoms with Crippen LogP contribution in [0.3, 0.4) is 0 Å². The topological polar surface area (TPSA) is 127 Å². The number of carbonyl (C=O) groups is 1. The van der Waals surface area contributed by atoms with Gasteiger partial charge in [0.15, 0.2) is 5.84 Å². The fourth-order valence-electron chi connectivity index (χ4n) is 1.70. The number of halogens is 1. The maximum absolute atomic E-state index is 12.8. The molecular formula is C16H13FN6O. The summed E-state index contributed by atoms with van der Waals surface area (Å²) in [7, 11) is 0. The number of rotatable bonds is 5. The molecule has 0 spiro atoms. The van der Waals surface area contributed by atoms with Crippen molar-refractivity contribution in [2.24, 2.45) is 10.8 Å². The summed E-state index contributed by atoms with van der Waals surface area (Å²) in [6, 6.07) is 13.4. The highest BCUT2D eigenvalue weighted by Crippen LogP contribution is 2.13. The Labute approximate surface area is 137 Å². The van der Waals surface area contributed by atoms with Crippen molar-refractivity contribution in [2.75, 3.05) is 10.7 Å². The van der Waals surface area contributed by atoms with Crippen LogP contribution in [-0.2, 0) is 0 Å². The van der Waals surface area contributed by atoms with E-state index in [1.165, 1.54) is 24.3 Å². The van der Waals surface area contributed by atoms with E-state index >= 15 is 0 Å². The lowest BCUT2D eigenvalue weighted by Crippen LogP contribution is -2.21. The summed E-state index contributed by atoms with van der Waals surface area (Å²) >= 11 is 0. The Morgan fingerprint density at radius 1 is 1.12 bits per heavy atom. The third kappa shape index (κ3) is 4.38. The van der Waals surface area contributed by atoms with Gasteiger partial charge in [0.25, 0.3) is 5.91 Å². The summed E-state index contributed by atoms with van der Waals surface area (Å²) in [5, 5.41) is 22.2. The van der Waals surface area contributed by atoms with Crippen molar-refractivity contribution in [3.8, 4) is 6.07 Å². The average molecular weight is 324 g/mol. The van der Waals surface area contributed by atoms with E-state index in [2.05, 4.69) is 15.8 Å². The minimum Gasteiger partial charge on any atom is -0.382 e. The first-order valence-corrected chi connectivity index (χ1v) is 6.75. The second kappa shape index (κ2) is 7.51. The zero-order valence-corrected chi connectivity index (χ0v) is 12.4. The van der Waals surface area contributed by atoms with E-state index in [9.17, 15) is 9.18 Å². The minimum absolute atomic E-state index is 0.242. The smallest absolute Gasteiger partial charge is 0.255 e. The lowest BCUT2D eigenvalue weighted by atomic mass is 10.2. The highest BCUT2D eigenvalue weighted by Gasteiger charge is 2.06. The number of nitrogens with two attached hydrogens (primary N) is 1. The number of nitrogens with one attached hydrogen (secondary N) is 3. The summed E-state index contributed by atoms with van der Waals surface area (Å²) in [6.07, 6.45) is 0. The molecule has 2 rings (SSSR count). The van der Waals surface area contributed by atoms with E-state index in [0.717, 1.165) is 0 Å². The number of benzene rings is 2. The van der Waals surface area contributed by atoms with Gasteiger partial charge in [0.1, 0.15) is 11.9 Å².